The Kier molecular flexibility index (Phi) is 7.59. The van der Waals surface area contributed by atoms with E-state index < -0.39 is 16.0 Å². The summed E-state index contributed by atoms with van der Waals surface area (Å²) in [6, 6.07) is 19.2. The van der Waals surface area contributed by atoms with E-state index in [1.165, 1.54) is 61.3 Å². The summed E-state index contributed by atoms with van der Waals surface area (Å²) in [6.07, 6.45) is 8.56. The van der Waals surface area contributed by atoms with Gasteiger partial charge in [-0.25, -0.2) is 0 Å². The molecule has 3 aliphatic heterocycles. The van der Waals surface area contributed by atoms with E-state index in [2.05, 4.69) is 150 Å². The van der Waals surface area contributed by atoms with Crippen LogP contribution >= 0.6 is 0 Å². The van der Waals surface area contributed by atoms with Gasteiger partial charge in [-0.1, -0.05) is 107 Å². The topological polar surface area (TPSA) is 25.3 Å². The lowest BCUT2D eigenvalue weighted by Gasteiger charge is -2.68. The molecular formula is C43H67N5Si2. The predicted octanol–water partition coefficient (Wildman–Crippen LogP) is 10.5. The third-order valence-corrected chi connectivity index (χ3v) is 27.3. The molecule has 2 aromatic rings. The minimum absolute atomic E-state index is 0.127. The number of benzene rings is 2. The monoisotopic (exact) mass is 709 g/mol. The summed E-state index contributed by atoms with van der Waals surface area (Å²) >= 11 is 0. The van der Waals surface area contributed by atoms with Crippen LogP contribution in [0.1, 0.15) is 122 Å². The highest BCUT2D eigenvalue weighted by molar-refractivity contribution is 7.62. The number of hydrogen-bond acceptors (Lipinski definition) is 5. The first-order valence-electron chi connectivity index (χ1n) is 20.1. The molecule has 50 heavy (non-hydrogen) atoms. The fourth-order valence-electron chi connectivity index (χ4n) is 11.9. The second-order valence-corrected chi connectivity index (χ2v) is 32.1. The molecule has 0 aromatic heterocycles. The predicted molar refractivity (Wildman–Crippen MR) is 220 cm³/mol. The zero-order chi connectivity index (χ0) is 35.9. The molecule has 0 N–H and O–H groups in total. The Morgan fingerprint density at radius 2 is 0.820 bits per heavy atom. The molecule has 0 saturated heterocycles. The van der Waals surface area contributed by atoms with Crippen molar-refractivity contribution in [3.8, 4) is 0 Å². The second kappa shape index (κ2) is 10.9. The quantitative estimate of drug-likeness (QED) is 0.289. The number of fused-ring (bicyclic) bond motifs is 3. The first-order chi connectivity index (χ1) is 23.2. The fourth-order valence-corrected chi connectivity index (χ4v) is 31.6. The number of rotatable bonds is 5. The van der Waals surface area contributed by atoms with Gasteiger partial charge >= 0.3 is 16.0 Å². The Balaban J connectivity index is 1.49. The number of anilines is 4. The van der Waals surface area contributed by atoms with E-state index in [4.69, 9.17) is 4.66 Å². The van der Waals surface area contributed by atoms with E-state index in [-0.39, 0.29) is 27.1 Å². The molecule has 7 heteroatoms. The van der Waals surface area contributed by atoms with Crippen LogP contribution in [-0.2, 0) is 0 Å². The fraction of sp³-hybridized carbons (Fsp3) is 0.698. The number of hydrogen-bond donors (Lipinski definition) is 0. The van der Waals surface area contributed by atoms with Crippen molar-refractivity contribution in [2.45, 2.75) is 122 Å². The summed E-state index contributed by atoms with van der Waals surface area (Å²) in [4.78, 5) is 0. The first kappa shape index (κ1) is 34.8. The molecule has 0 radical (unpaired) electrons. The van der Waals surface area contributed by atoms with E-state index >= 15 is 0 Å². The van der Waals surface area contributed by atoms with Crippen LogP contribution in [0.3, 0.4) is 0 Å². The molecule has 7 aliphatic rings. The van der Waals surface area contributed by atoms with Crippen LogP contribution in [0.5, 0.6) is 0 Å². The Bertz CT molecular complexity index is 1560. The van der Waals surface area contributed by atoms with Crippen molar-refractivity contribution in [3.63, 3.8) is 0 Å². The molecule has 4 saturated carbocycles. The summed E-state index contributed by atoms with van der Waals surface area (Å²) < 4.78 is 19.0. The van der Waals surface area contributed by atoms with Gasteiger partial charge in [0.05, 0.1) is 22.7 Å². The lowest BCUT2D eigenvalue weighted by Crippen LogP contribution is -2.99. The maximum Gasteiger partial charge on any atom is 0.432 e. The lowest BCUT2D eigenvalue weighted by atomic mass is 9.50. The van der Waals surface area contributed by atoms with Gasteiger partial charge < -0.3 is 18.3 Å². The zero-order valence-corrected chi connectivity index (χ0v) is 35.7. The smallest absolute Gasteiger partial charge is 0.373 e. The van der Waals surface area contributed by atoms with E-state index in [0.29, 0.717) is 0 Å². The van der Waals surface area contributed by atoms with Gasteiger partial charge in [0, 0.05) is 36.9 Å². The summed E-state index contributed by atoms with van der Waals surface area (Å²) in [5.74, 6) is 2.67. The third-order valence-electron chi connectivity index (χ3n) is 12.6. The van der Waals surface area contributed by atoms with Crippen LogP contribution in [0.4, 0.5) is 22.7 Å². The molecule has 2 aromatic carbocycles. The highest BCUT2D eigenvalue weighted by Crippen LogP contribution is 2.68. The van der Waals surface area contributed by atoms with E-state index in [9.17, 15) is 0 Å². The molecule has 0 atom stereocenters. The van der Waals surface area contributed by atoms with Gasteiger partial charge in [-0.05, 0) is 102 Å². The zero-order valence-electron chi connectivity index (χ0n) is 33.7. The van der Waals surface area contributed by atoms with E-state index in [0.717, 1.165) is 43.9 Å². The largest absolute Gasteiger partial charge is 0.432 e. The molecule has 4 fully saturated rings. The SMILES string of the molecule is CC(C)(C)CN1c2ccccc2N(CC(C)(C)C)[Si]12N=C(C13CC4CC(CC(C4)C1)C3)[Si]21N(CC(C)(C)C)c2ccccc2N1CC(C)(C)C. The van der Waals surface area contributed by atoms with Gasteiger partial charge in [-0.15, -0.1) is 0 Å². The van der Waals surface area contributed by atoms with Gasteiger partial charge in [-0.3, -0.25) is 4.66 Å². The lowest BCUT2D eigenvalue weighted by molar-refractivity contribution is -0.0113. The van der Waals surface area contributed by atoms with Crippen LogP contribution in [0, 0.1) is 44.8 Å². The van der Waals surface area contributed by atoms with Crippen molar-refractivity contribution in [1.82, 2.24) is 0 Å². The van der Waals surface area contributed by atoms with Crippen molar-refractivity contribution >= 4 is 44.1 Å². The van der Waals surface area contributed by atoms with Crippen LogP contribution < -0.4 is 18.3 Å². The standard InChI is InChI=1S/C43H67N5Si2/c1-39(2,3)27-45-34-17-13-14-18-35(34)46(28-40(4,5)6)49(45)38(43-24-31-21-32(25-43)23-33(22-31)26-43)44-50(49)47(29-41(7,8)9)36-19-15-16-20-37(36)48(50)30-42(10,11)12/h13-20,31-33H,21-30H2,1-12H3. The first-order valence-corrected chi connectivity index (χ1v) is 24.8. The number of nitrogens with zero attached hydrogens (tertiary/aromatic N) is 5. The normalized spacial score (nSPS) is 29.2. The van der Waals surface area contributed by atoms with E-state index in [1.807, 2.05) is 0 Å². The van der Waals surface area contributed by atoms with Gasteiger partial charge in [0.2, 0.25) is 0 Å². The maximum atomic E-state index is 6.65. The average molecular weight is 710 g/mol. The molecule has 4 bridgehead atoms. The van der Waals surface area contributed by atoms with Gasteiger partial charge in [0.25, 0.3) is 0 Å². The molecule has 4 aliphatic carbocycles. The van der Waals surface area contributed by atoms with Gasteiger partial charge in [0.15, 0.2) is 0 Å². The maximum absolute atomic E-state index is 6.65. The Labute approximate surface area is 307 Å². The summed E-state index contributed by atoms with van der Waals surface area (Å²) in [5.41, 5.74) is 6.65. The molecule has 2 spiro atoms. The minimum atomic E-state index is -2.87. The van der Waals surface area contributed by atoms with Crippen molar-refractivity contribution in [2.75, 3.05) is 44.4 Å². The van der Waals surface area contributed by atoms with Crippen molar-refractivity contribution < 1.29 is 0 Å². The minimum Gasteiger partial charge on any atom is -0.373 e. The van der Waals surface area contributed by atoms with Gasteiger partial charge in [0.1, 0.15) is 0 Å². The van der Waals surface area contributed by atoms with Crippen LogP contribution in [0.2, 0.25) is 0 Å². The molecule has 0 amide bonds. The molecule has 0 unspecified atom stereocenters. The van der Waals surface area contributed by atoms with Crippen molar-refractivity contribution in [1.29, 1.82) is 0 Å². The Morgan fingerprint density at radius 1 is 0.520 bits per heavy atom. The molecule has 5 nitrogen and oxygen atoms in total. The van der Waals surface area contributed by atoms with Gasteiger partial charge in [-0.2, -0.15) is 0 Å². The molecular weight excluding hydrogens is 643 g/mol. The summed E-state index contributed by atoms with van der Waals surface area (Å²) in [5, 5.41) is 1.73. The third kappa shape index (κ3) is 5.20. The van der Waals surface area contributed by atoms with E-state index in [1.54, 1.807) is 5.33 Å². The second-order valence-electron chi connectivity index (χ2n) is 22.5. The number of para-hydroxylation sites is 4. The Morgan fingerprint density at radius 3 is 1.14 bits per heavy atom. The van der Waals surface area contributed by atoms with Crippen molar-refractivity contribution in [2.24, 2.45) is 49.5 Å². The molecule has 3 heterocycles. The highest BCUT2D eigenvalue weighted by atomic mass is 29.3. The van der Waals surface area contributed by atoms with Crippen molar-refractivity contribution in [3.05, 3.63) is 48.5 Å². The average Bonchev–Trinajstić information content (AvgIpc) is 3.37. The summed E-state index contributed by atoms with van der Waals surface area (Å²) in [6.45, 7) is 33.9. The van der Waals surface area contributed by atoms with Crippen LogP contribution in [0.25, 0.3) is 0 Å². The Hall–Kier alpha value is -2.26. The highest BCUT2D eigenvalue weighted by Gasteiger charge is 2.87. The molecule has 272 valence electrons. The molecule has 9 rings (SSSR count). The summed E-state index contributed by atoms with van der Waals surface area (Å²) in [7, 11) is -5.68. The van der Waals surface area contributed by atoms with Crippen LogP contribution in [0.15, 0.2) is 53.2 Å². The van der Waals surface area contributed by atoms with Crippen LogP contribution in [-0.4, -0.2) is 47.5 Å².